The van der Waals surface area contributed by atoms with Crippen LogP contribution < -0.4 is 5.32 Å². The van der Waals surface area contributed by atoms with Crippen LogP contribution in [0.5, 0.6) is 0 Å². The van der Waals surface area contributed by atoms with Crippen LogP contribution in [0, 0.1) is 0 Å². The van der Waals surface area contributed by atoms with Crippen molar-refractivity contribution in [3.8, 4) is 0 Å². The molecule has 3 rings (SSSR count). The molecule has 1 saturated carbocycles. The molecule has 1 amide bonds. The number of nitrogens with one attached hydrogen (secondary N) is 1. The van der Waals surface area contributed by atoms with Gasteiger partial charge >= 0.3 is 0 Å². The molecule has 6 heteroatoms. The van der Waals surface area contributed by atoms with Crippen LogP contribution in [0.15, 0.2) is 6.07 Å². The highest BCUT2D eigenvalue weighted by atomic mass is 16.2. The number of rotatable bonds is 5. The summed E-state index contributed by atoms with van der Waals surface area (Å²) in [5.74, 6) is 0.335. The number of aryl methyl sites for hydroxylation is 1. The molecular formula is C19H33N5O. The Bertz CT molecular complexity index is 595. The average molecular weight is 348 g/mol. The molecule has 2 heterocycles. The molecule has 0 unspecified atom stereocenters. The molecule has 0 spiro atoms. The number of aromatic nitrogens is 2. The Hall–Kier alpha value is -1.40. The third kappa shape index (κ3) is 3.90. The molecule has 1 aliphatic carbocycles. The summed E-state index contributed by atoms with van der Waals surface area (Å²) < 4.78 is 1.71. The number of carbonyl (C=O) groups is 1. The van der Waals surface area contributed by atoms with E-state index in [4.69, 9.17) is 0 Å². The van der Waals surface area contributed by atoms with Gasteiger partial charge in [-0.2, -0.15) is 5.10 Å². The Morgan fingerprint density at radius 1 is 1.20 bits per heavy atom. The van der Waals surface area contributed by atoms with Crippen molar-refractivity contribution in [2.75, 3.05) is 39.8 Å². The molecular weight excluding hydrogens is 314 g/mol. The largest absolute Gasteiger partial charge is 0.349 e. The van der Waals surface area contributed by atoms with Crippen molar-refractivity contribution in [1.29, 1.82) is 0 Å². The van der Waals surface area contributed by atoms with Crippen molar-refractivity contribution < 1.29 is 4.79 Å². The molecule has 0 radical (unpaired) electrons. The lowest BCUT2D eigenvalue weighted by atomic mass is 9.93. The van der Waals surface area contributed by atoms with E-state index in [9.17, 15) is 4.79 Å². The molecule has 0 aromatic carbocycles. The van der Waals surface area contributed by atoms with Crippen LogP contribution >= 0.6 is 0 Å². The average Bonchev–Trinajstić information content (AvgIpc) is 3.21. The topological polar surface area (TPSA) is 53.4 Å². The van der Waals surface area contributed by atoms with E-state index in [0.29, 0.717) is 11.6 Å². The maximum Gasteiger partial charge on any atom is 0.269 e. The summed E-state index contributed by atoms with van der Waals surface area (Å²) in [7, 11) is 4.04. The number of carbonyl (C=O) groups excluding carboxylic acids is 1. The van der Waals surface area contributed by atoms with E-state index < -0.39 is 0 Å². The van der Waals surface area contributed by atoms with Gasteiger partial charge in [0.2, 0.25) is 0 Å². The third-order valence-electron chi connectivity index (χ3n) is 6.01. The molecule has 1 aromatic rings. The second-order valence-electron chi connectivity index (χ2n) is 8.14. The third-order valence-corrected chi connectivity index (χ3v) is 6.01. The normalized spacial score (nSPS) is 21.8. The van der Waals surface area contributed by atoms with E-state index in [1.165, 1.54) is 25.7 Å². The Morgan fingerprint density at radius 3 is 2.40 bits per heavy atom. The van der Waals surface area contributed by atoms with Crippen LogP contribution in [0.4, 0.5) is 0 Å². The Morgan fingerprint density at radius 2 is 1.84 bits per heavy atom. The van der Waals surface area contributed by atoms with E-state index in [2.05, 4.69) is 41.1 Å². The predicted octanol–water partition coefficient (Wildman–Crippen LogP) is 1.83. The fourth-order valence-corrected chi connectivity index (χ4v) is 4.24. The van der Waals surface area contributed by atoms with Gasteiger partial charge in [-0.3, -0.25) is 14.4 Å². The van der Waals surface area contributed by atoms with Gasteiger partial charge in [0, 0.05) is 45.3 Å². The Labute approximate surface area is 151 Å². The molecule has 2 fully saturated rings. The van der Waals surface area contributed by atoms with Gasteiger partial charge in [0.1, 0.15) is 5.69 Å². The first kappa shape index (κ1) is 18.4. The number of nitrogens with zero attached hydrogens (tertiary/aromatic N) is 4. The highest BCUT2D eigenvalue weighted by Gasteiger charge is 2.40. The zero-order valence-electron chi connectivity index (χ0n) is 16.2. The molecule has 25 heavy (non-hydrogen) atoms. The van der Waals surface area contributed by atoms with Crippen LogP contribution in [0.3, 0.4) is 0 Å². The molecule has 6 nitrogen and oxygen atoms in total. The van der Waals surface area contributed by atoms with Crippen molar-refractivity contribution >= 4 is 5.91 Å². The first-order chi connectivity index (χ1) is 11.9. The number of piperazine rings is 1. The van der Waals surface area contributed by atoms with Crippen LogP contribution in [-0.2, 0) is 7.05 Å². The molecule has 0 bridgehead atoms. The van der Waals surface area contributed by atoms with Crippen molar-refractivity contribution in [1.82, 2.24) is 24.9 Å². The van der Waals surface area contributed by atoms with E-state index in [1.807, 2.05) is 13.1 Å². The van der Waals surface area contributed by atoms with Crippen LogP contribution in [0.25, 0.3) is 0 Å². The minimum Gasteiger partial charge on any atom is -0.349 e. The van der Waals surface area contributed by atoms with E-state index in [-0.39, 0.29) is 11.4 Å². The van der Waals surface area contributed by atoms with Crippen LogP contribution in [0.1, 0.15) is 61.6 Å². The summed E-state index contributed by atoms with van der Waals surface area (Å²) in [5, 5.41) is 7.69. The van der Waals surface area contributed by atoms with Crippen molar-refractivity contribution in [2.24, 2.45) is 7.05 Å². The van der Waals surface area contributed by atoms with Gasteiger partial charge in [0.05, 0.1) is 5.69 Å². The van der Waals surface area contributed by atoms with E-state index in [1.54, 1.807) is 4.68 Å². The lowest BCUT2D eigenvalue weighted by Gasteiger charge is -2.45. The van der Waals surface area contributed by atoms with Gasteiger partial charge in [-0.15, -0.1) is 0 Å². The molecule has 1 aromatic heterocycles. The SMILES string of the molecule is CC(C)c1cc(C(=O)NCC2(N3CCN(C)CC3)CCCC2)n(C)n1. The van der Waals surface area contributed by atoms with Gasteiger partial charge in [-0.1, -0.05) is 26.7 Å². The zero-order valence-corrected chi connectivity index (χ0v) is 16.2. The summed E-state index contributed by atoms with van der Waals surface area (Å²) in [6.45, 7) is 9.41. The zero-order chi connectivity index (χ0) is 18.0. The number of hydrogen-bond acceptors (Lipinski definition) is 4. The van der Waals surface area contributed by atoms with Crippen LogP contribution in [-0.4, -0.2) is 70.8 Å². The maximum atomic E-state index is 12.7. The summed E-state index contributed by atoms with van der Waals surface area (Å²) in [6.07, 6.45) is 4.93. The van der Waals surface area contributed by atoms with Gasteiger partial charge in [-0.05, 0) is 31.9 Å². The summed E-state index contributed by atoms with van der Waals surface area (Å²) in [4.78, 5) is 17.8. The van der Waals surface area contributed by atoms with E-state index >= 15 is 0 Å². The highest BCUT2D eigenvalue weighted by Crippen LogP contribution is 2.35. The quantitative estimate of drug-likeness (QED) is 0.883. The first-order valence-corrected chi connectivity index (χ1v) is 9.67. The van der Waals surface area contributed by atoms with Gasteiger partial charge in [0.25, 0.3) is 5.91 Å². The number of likely N-dealkylation sites (N-methyl/N-ethyl adjacent to an activating group) is 1. The molecule has 1 aliphatic heterocycles. The van der Waals surface area contributed by atoms with Crippen molar-refractivity contribution in [3.05, 3.63) is 17.5 Å². The molecule has 1 saturated heterocycles. The second-order valence-corrected chi connectivity index (χ2v) is 8.14. The van der Waals surface area contributed by atoms with Gasteiger partial charge < -0.3 is 10.2 Å². The molecule has 2 aliphatic rings. The lowest BCUT2D eigenvalue weighted by molar-refractivity contribution is 0.0413. The predicted molar refractivity (Wildman–Crippen MR) is 99.9 cm³/mol. The monoisotopic (exact) mass is 347 g/mol. The molecule has 0 atom stereocenters. The van der Waals surface area contributed by atoms with Gasteiger partial charge in [-0.25, -0.2) is 0 Å². The highest BCUT2D eigenvalue weighted by molar-refractivity contribution is 5.92. The fourth-order valence-electron chi connectivity index (χ4n) is 4.24. The van der Waals surface area contributed by atoms with Crippen molar-refractivity contribution in [3.63, 3.8) is 0 Å². The summed E-state index contributed by atoms with van der Waals surface area (Å²) in [6, 6.07) is 1.93. The second kappa shape index (κ2) is 7.46. The minimum absolute atomic E-state index is 0.00213. The fraction of sp³-hybridized carbons (Fsp3) is 0.789. The van der Waals surface area contributed by atoms with Crippen molar-refractivity contribution in [2.45, 2.75) is 51.0 Å². The standard InChI is InChI=1S/C19H33N5O/c1-15(2)16-13-17(23(4)21-16)18(25)20-14-19(7-5-6-8-19)24-11-9-22(3)10-12-24/h13,15H,5-12,14H2,1-4H3,(H,20,25). The number of amides is 1. The lowest BCUT2D eigenvalue weighted by Crippen LogP contribution is -2.59. The Balaban J connectivity index is 1.66. The van der Waals surface area contributed by atoms with Gasteiger partial charge in [0.15, 0.2) is 0 Å². The Kier molecular flexibility index (Phi) is 5.49. The summed E-state index contributed by atoms with van der Waals surface area (Å²) in [5.41, 5.74) is 1.79. The molecule has 140 valence electrons. The van der Waals surface area contributed by atoms with Crippen LogP contribution in [0.2, 0.25) is 0 Å². The smallest absolute Gasteiger partial charge is 0.269 e. The summed E-state index contributed by atoms with van der Waals surface area (Å²) >= 11 is 0. The maximum absolute atomic E-state index is 12.7. The number of hydrogen-bond donors (Lipinski definition) is 1. The van der Waals surface area contributed by atoms with E-state index in [0.717, 1.165) is 38.4 Å². The molecule has 1 N–H and O–H groups in total. The first-order valence-electron chi connectivity index (χ1n) is 9.67. The minimum atomic E-state index is 0.00213.